The van der Waals surface area contributed by atoms with E-state index in [2.05, 4.69) is 0 Å². The van der Waals surface area contributed by atoms with Crippen molar-refractivity contribution in [1.82, 2.24) is 4.57 Å². The number of fused-ring (bicyclic) bond motifs is 1. The first-order valence-electron chi connectivity index (χ1n) is 9.93. The number of aromatic nitrogens is 1. The lowest BCUT2D eigenvalue weighted by molar-refractivity contribution is 1.01. The molecular formula is C24H37NO. The minimum absolute atomic E-state index is 0.0250. The van der Waals surface area contributed by atoms with E-state index in [-0.39, 0.29) is 5.56 Å². The van der Waals surface area contributed by atoms with Gasteiger partial charge in [0, 0.05) is 17.3 Å². The Morgan fingerprint density at radius 3 is 1.69 bits per heavy atom. The Bertz CT molecular complexity index is 755. The molecule has 1 aromatic heterocycles. The van der Waals surface area contributed by atoms with Crippen molar-refractivity contribution in [3.63, 3.8) is 0 Å². The van der Waals surface area contributed by atoms with Gasteiger partial charge in [-0.3, -0.25) is 9.36 Å². The highest BCUT2D eigenvalue weighted by Gasteiger charge is 2.03. The molecule has 0 aliphatic carbocycles. The predicted molar refractivity (Wildman–Crippen MR) is 120 cm³/mol. The maximum absolute atomic E-state index is 12.4. The van der Waals surface area contributed by atoms with Gasteiger partial charge in [0.15, 0.2) is 0 Å². The van der Waals surface area contributed by atoms with Gasteiger partial charge in [-0.15, -0.1) is 0 Å². The average molecular weight is 356 g/mol. The Morgan fingerprint density at radius 1 is 0.654 bits per heavy atom. The minimum Gasteiger partial charge on any atom is -0.284 e. The lowest BCUT2D eigenvalue weighted by Gasteiger charge is -2.07. The van der Waals surface area contributed by atoms with Gasteiger partial charge in [0.25, 0.3) is 5.56 Å². The molecule has 2 aromatic carbocycles. The summed E-state index contributed by atoms with van der Waals surface area (Å²) in [6.45, 7) is 18.0. The second kappa shape index (κ2) is 16.1. The van der Waals surface area contributed by atoms with Crippen LogP contribution in [0.15, 0.2) is 65.6 Å². The molecule has 0 aliphatic heterocycles. The first-order valence-corrected chi connectivity index (χ1v) is 9.93. The van der Waals surface area contributed by atoms with Crippen LogP contribution in [0.5, 0.6) is 0 Å². The summed E-state index contributed by atoms with van der Waals surface area (Å²) in [6, 6.07) is 17.6. The largest absolute Gasteiger partial charge is 0.284 e. The van der Waals surface area contributed by atoms with Gasteiger partial charge in [-0.25, -0.2) is 0 Å². The van der Waals surface area contributed by atoms with Crippen LogP contribution in [0.3, 0.4) is 0 Å². The van der Waals surface area contributed by atoms with E-state index in [9.17, 15) is 4.79 Å². The van der Waals surface area contributed by atoms with E-state index in [0.29, 0.717) is 0 Å². The van der Waals surface area contributed by atoms with Crippen molar-refractivity contribution < 1.29 is 0 Å². The summed E-state index contributed by atoms with van der Waals surface area (Å²) in [5.74, 6) is 0. The molecule has 26 heavy (non-hydrogen) atoms. The van der Waals surface area contributed by atoms with Crippen molar-refractivity contribution in [3.8, 4) is 5.69 Å². The van der Waals surface area contributed by atoms with Crippen molar-refractivity contribution in [3.05, 3.63) is 76.7 Å². The highest BCUT2D eigenvalue weighted by molar-refractivity contribution is 5.81. The van der Waals surface area contributed by atoms with E-state index >= 15 is 0 Å². The second-order valence-corrected chi connectivity index (χ2v) is 4.41. The highest BCUT2D eigenvalue weighted by Crippen LogP contribution is 2.12. The van der Waals surface area contributed by atoms with Gasteiger partial charge in [0.1, 0.15) is 0 Å². The summed E-state index contributed by atoms with van der Waals surface area (Å²) in [7, 11) is 0. The lowest BCUT2D eigenvalue weighted by atomic mass is 10.1. The number of hydrogen-bond acceptors (Lipinski definition) is 1. The smallest absolute Gasteiger partial charge is 0.262 e. The van der Waals surface area contributed by atoms with Crippen molar-refractivity contribution in [2.75, 3.05) is 0 Å². The molecule has 0 saturated heterocycles. The standard InChI is InChI=1S/C16H13NO.4C2H6/c1-12-6-8-14(9-7-12)17-11-10-13-4-2-3-5-15(13)16(17)18;4*1-2/h2-11H,1H3;4*1-2H3. The molecule has 3 rings (SSSR count). The zero-order valence-electron chi connectivity index (χ0n) is 18.1. The first-order chi connectivity index (χ1) is 12.8. The third-order valence-electron chi connectivity index (χ3n) is 3.13. The van der Waals surface area contributed by atoms with Crippen LogP contribution in [0.2, 0.25) is 0 Å². The molecule has 2 heteroatoms. The van der Waals surface area contributed by atoms with Gasteiger partial charge in [0.05, 0.1) is 0 Å². The Kier molecular flexibility index (Phi) is 16.1. The van der Waals surface area contributed by atoms with E-state index < -0.39 is 0 Å². The van der Waals surface area contributed by atoms with E-state index in [1.807, 2.05) is 123 Å². The molecule has 1 heterocycles. The monoisotopic (exact) mass is 355 g/mol. The fourth-order valence-electron chi connectivity index (χ4n) is 2.10. The van der Waals surface area contributed by atoms with Crippen LogP contribution in [0.25, 0.3) is 16.5 Å². The second-order valence-electron chi connectivity index (χ2n) is 4.41. The van der Waals surface area contributed by atoms with Crippen molar-refractivity contribution in [2.45, 2.75) is 62.3 Å². The maximum atomic E-state index is 12.4. The SMILES string of the molecule is CC.CC.CC.CC.Cc1ccc(-n2ccc3ccccc3c2=O)cc1. The van der Waals surface area contributed by atoms with Gasteiger partial charge < -0.3 is 0 Å². The molecule has 0 fully saturated rings. The molecule has 0 atom stereocenters. The van der Waals surface area contributed by atoms with Crippen LogP contribution in [-0.2, 0) is 0 Å². The first kappa shape index (κ1) is 25.9. The van der Waals surface area contributed by atoms with E-state index in [1.165, 1.54) is 5.56 Å². The number of pyridine rings is 1. The zero-order valence-corrected chi connectivity index (χ0v) is 18.1. The molecular weight excluding hydrogens is 318 g/mol. The highest BCUT2D eigenvalue weighted by atomic mass is 16.1. The van der Waals surface area contributed by atoms with Crippen LogP contribution in [0, 0.1) is 6.92 Å². The normalized spacial score (nSPS) is 8.35. The molecule has 0 aliphatic rings. The molecule has 0 radical (unpaired) electrons. The zero-order chi connectivity index (χ0) is 20.5. The summed E-state index contributed by atoms with van der Waals surface area (Å²) >= 11 is 0. The van der Waals surface area contributed by atoms with E-state index in [0.717, 1.165) is 16.5 Å². The quantitative estimate of drug-likeness (QED) is 0.445. The van der Waals surface area contributed by atoms with Crippen molar-refractivity contribution in [1.29, 1.82) is 0 Å². The summed E-state index contributed by atoms with van der Waals surface area (Å²) < 4.78 is 1.68. The molecule has 0 spiro atoms. The molecule has 3 aromatic rings. The van der Waals surface area contributed by atoms with Crippen LogP contribution in [-0.4, -0.2) is 4.57 Å². The Labute approximate surface area is 160 Å². The molecule has 0 N–H and O–H groups in total. The average Bonchev–Trinajstić information content (AvgIpc) is 2.75. The third-order valence-corrected chi connectivity index (χ3v) is 3.13. The maximum Gasteiger partial charge on any atom is 0.262 e. The third kappa shape index (κ3) is 7.26. The van der Waals surface area contributed by atoms with Gasteiger partial charge in [-0.1, -0.05) is 91.3 Å². The van der Waals surface area contributed by atoms with Gasteiger partial charge in [-0.2, -0.15) is 0 Å². The predicted octanol–water partition coefficient (Wildman–Crippen LogP) is 7.40. The fraction of sp³-hybridized carbons (Fsp3) is 0.375. The molecule has 144 valence electrons. The summed E-state index contributed by atoms with van der Waals surface area (Å²) in [6.07, 6.45) is 1.83. The van der Waals surface area contributed by atoms with Gasteiger partial charge in [0.2, 0.25) is 0 Å². The topological polar surface area (TPSA) is 22.0 Å². The fourth-order valence-corrected chi connectivity index (χ4v) is 2.10. The number of nitrogens with zero attached hydrogens (tertiary/aromatic N) is 1. The van der Waals surface area contributed by atoms with Gasteiger partial charge in [-0.05, 0) is 36.6 Å². The van der Waals surface area contributed by atoms with Crippen LogP contribution >= 0.6 is 0 Å². The lowest BCUT2D eigenvalue weighted by Crippen LogP contribution is -2.17. The Morgan fingerprint density at radius 2 is 1.15 bits per heavy atom. The van der Waals surface area contributed by atoms with Crippen molar-refractivity contribution in [2.24, 2.45) is 0 Å². The van der Waals surface area contributed by atoms with Crippen LogP contribution in [0.1, 0.15) is 61.0 Å². The van der Waals surface area contributed by atoms with Crippen LogP contribution < -0.4 is 5.56 Å². The number of aryl methyl sites for hydroxylation is 1. The van der Waals surface area contributed by atoms with Gasteiger partial charge >= 0.3 is 0 Å². The summed E-state index contributed by atoms with van der Waals surface area (Å²) in [5, 5.41) is 1.73. The molecule has 0 saturated carbocycles. The van der Waals surface area contributed by atoms with Crippen molar-refractivity contribution >= 4 is 10.8 Å². The molecule has 0 unspecified atom stereocenters. The summed E-state index contributed by atoms with van der Waals surface area (Å²) in [4.78, 5) is 12.4. The Balaban J connectivity index is 0. The number of rotatable bonds is 1. The number of benzene rings is 2. The molecule has 0 amide bonds. The molecule has 0 bridgehead atoms. The van der Waals surface area contributed by atoms with Crippen LogP contribution in [0.4, 0.5) is 0 Å². The van der Waals surface area contributed by atoms with E-state index in [4.69, 9.17) is 0 Å². The summed E-state index contributed by atoms with van der Waals surface area (Å²) in [5.41, 5.74) is 2.11. The Hall–Kier alpha value is -2.35. The molecule has 2 nitrogen and oxygen atoms in total. The number of hydrogen-bond donors (Lipinski definition) is 0. The minimum atomic E-state index is 0.0250. The van der Waals surface area contributed by atoms with E-state index in [1.54, 1.807) is 4.57 Å².